The molecule has 1 N–H and O–H groups in total. The third-order valence-corrected chi connectivity index (χ3v) is 10.4. The first-order valence-electron chi connectivity index (χ1n) is 18.3. The van der Waals surface area contributed by atoms with E-state index >= 15 is 35.1 Å². The molecule has 7 aromatic rings. The van der Waals surface area contributed by atoms with Crippen LogP contribution in [0, 0.1) is 116 Å². The first kappa shape index (κ1) is 50.0. The molecule has 1 heterocycles. The summed E-state index contributed by atoms with van der Waals surface area (Å²) in [5.74, 6) is -72.9. The van der Waals surface area contributed by atoms with Crippen molar-refractivity contribution in [3.05, 3.63) is 194 Å². The number of aliphatic carboxylic acids is 1. The van der Waals surface area contributed by atoms with Crippen molar-refractivity contribution in [1.82, 2.24) is 0 Å². The number of carboxylic acid groups (broad SMARTS) is 1. The lowest BCUT2D eigenvalue weighted by Gasteiger charge is -2.44. The van der Waals surface area contributed by atoms with Crippen LogP contribution in [0.2, 0.25) is 0 Å². The van der Waals surface area contributed by atoms with Gasteiger partial charge in [0, 0.05) is 23.1 Å². The Hall–Kier alpha value is -7.47. The fourth-order valence-corrected chi connectivity index (χ4v) is 7.54. The zero-order valence-corrected chi connectivity index (χ0v) is 32.6. The molecule has 0 spiro atoms. The van der Waals surface area contributed by atoms with Gasteiger partial charge in [-0.1, -0.05) is 42.5 Å². The Bertz CT molecular complexity index is 2860. The smallest absolute Gasteiger partial charge is 0.311 e. The van der Waals surface area contributed by atoms with Crippen LogP contribution in [0.15, 0.2) is 66.7 Å². The Morgan fingerprint density at radius 2 is 0.676 bits per heavy atom. The Labute approximate surface area is 364 Å². The highest BCUT2D eigenvalue weighted by atomic mass is 19.2. The summed E-state index contributed by atoms with van der Waals surface area (Å²) in [4.78, 5) is 23.2. The predicted molar refractivity (Wildman–Crippen MR) is 195 cm³/mol. The number of rotatable bonds is 9. The normalized spacial score (nSPS) is 11.5. The van der Waals surface area contributed by atoms with E-state index in [1.54, 1.807) is 6.07 Å². The Morgan fingerprint density at radius 1 is 0.382 bits per heavy atom. The maximum atomic E-state index is 15.4. The monoisotopic (exact) mass is 985 g/mol. The van der Waals surface area contributed by atoms with Gasteiger partial charge in [-0.15, -0.1) is 21.9 Å². The van der Waals surface area contributed by atoms with Crippen molar-refractivity contribution in [2.45, 2.75) is 13.0 Å². The maximum Gasteiger partial charge on any atom is 0.311 e. The molecule has 354 valence electrons. The number of carboxylic acids is 1. The van der Waals surface area contributed by atoms with Gasteiger partial charge in [0.05, 0.1) is 0 Å². The number of aromatic nitrogens is 1. The van der Waals surface area contributed by atoms with Crippen LogP contribution in [0.3, 0.4) is 0 Å². The molecule has 0 atom stereocenters. The molecule has 0 fully saturated rings. The third kappa shape index (κ3) is 7.91. The summed E-state index contributed by atoms with van der Waals surface area (Å²) in [5.41, 5.74) is -12.0. The van der Waals surface area contributed by atoms with Crippen molar-refractivity contribution >= 4 is 50.7 Å². The second-order valence-electron chi connectivity index (χ2n) is 14.1. The van der Waals surface area contributed by atoms with Gasteiger partial charge < -0.3 is 5.11 Å². The molecule has 0 radical (unpaired) electrons. The van der Waals surface area contributed by atoms with Crippen LogP contribution in [-0.4, -0.2) is 23.0 Å². The molecule has 7 rings (SSSR count). The molecule has 0 aliphatic rings. The minimum absolute atomic E-state index is 0.390. The van der Waals surface area contributed by atoms with Gasteiger partial charge >= 0.3 is 5.97 Å². The van der Waals surface area contributed by atoms with Crippen molar-refractivity contribution in [2.75, 3.05) is 0 Å². The number of pyridine rings is 1. The van der Waals surface area contributed by atoms with E-state index in [0.717, 1.165) is 16.5 Å². The van der Waals surface area contributed by atoms with Gasteiger partial charge in [-0.25, -0.2) is 87.8 Å². The molecule has 4 nitrogen and oxygen atoms in total. The van der Waals surface area contributed by atoms with Crippen molar-refractivity contribution in [3.63, 3.8) is 0 Å². The lowest BCUT2D eigenvalue weighted by atomic mass is 9.12. The van der Waals surface area contributed by atoms with Crippen LogP contribution in [0.4, 0.5) is 87.8 Å². The van der Waals surface area contributed by atoms with Gasteiger partial charge in [0.15, 0.2) is 76.4 Å². The number of carbonyl (C=O) groups is 2. The molecular weight excluding hydrogens is 969 g/mol. The highest BCUT2D eigenvalue weighted by Crippen LogP contribution is 2.31. The van der Waals surface area contributed by atoms with Gasteiger partial charge in [0.2, 0.25) is 17.0 Å². The van der Waals surface area contributed by atoms with E-state index in [4.69, 9.17) is 5.11 Å². The van der Waals surface area contributed by atoms with Crippen LogP contribution in [-0.2, 0) is 11.3 Å². The second-order valence-corrected chi connectivity index (χ2v) is 14.1. The van der Waals surface area contributed by atoms with Gasteiger partial charge in [0.1, 0.15) is 59.1 Å². The van der Waals surface area contributed by atoms with E-state index in [9.17, 15) is 62.3 Å². The molecule has 0 bridgehead atoms. The molecule has 68 heavy (non-hydrogen) atoms. The number of nitrogens with zero attached hydrogens (tertiary/aromatic N) is 1. The molecule has 0 unspecified atom stereocenters. The topological polar surface area (TPSA) is 58.2 Å². The summed E-state index contributed by atoms with van der Waals surface area (Å²) in [6, 6.07) is 21.1. The highest BCUT2D eigenvalue weighted by molar-refractivity contribution is 7.20. The van der Waals surface area contributed by atoms with Crippen LogP contribution >= 0.6 is 0 Å². The Morgan fingerprint density at radius 3 is 1.00 bits per heavy atom. The Balaban J connectivity index is 0.000000276. The van der Waals surface area contributed by atoms with Crippen molar-refractivity contribution < 1.29 is 107 Å². The number of hydrogen-bond acceptors (Lipinski definition) is 2. The maximum absolute atomic E-state index is 15.4. The van der Waals surface area contributed by atoms with E-state index < -0.39 is 157 Å². The summed E-state index contributed by atoms with van der Waals surface area (Å²) in [5, 5.41) is 9.92. The number of para-hydroxylation sites is 1. The summed E-state index contributed by atoms with van der Waals surface area (Å²) < 4.78 is 296. The van der Waals surface area contributed by atoms with Crippen LogP contribution < -0.4 is 26.4 Å². The van der Waals surface area contributed by atoms with E-state index in [1.165, 1.54) is 0 Å². The predicted octanol–water partition coefficient (Wildman–Crippen LogP) is 8.68. The molecule has 25 heteroatoms. The number of benzene rings is 6. The van der Waals surface area contributed by atoms with Gasteiger partial charge in [0.25, 0.3) is 0 Å². The minimum Gasteiger partial charge on any atom is -0.481 e. The Kier molecular flexibility index (Phi) is 13.7. The van der Waals surface area contributed by atoms with E-state index in [2.05, 4.69) is 0 Å². The summed E-state index contributed by atoms with van der Waals surface area (Å²) in [7, 11) is 0. The molecule has 0 aliphatic carbocycles. The zero-order valence-electron chi connectivity index (χ0n) is 32.6. The fourth-order valence-electron chi connectivity index (χ4n) is 7.54. The average Bonchev–Trinajstić information content (AvgIpc) is 3.31. The molecule has 0 aliphatic heterocycles. The molecule has 1 aromatic heterocycles. The first-order valence-corrected chi connectivity index (χ1v) is 18.3. The molecule has 0 saturated heterocycles. The van der Waals surface area contributed by atoms with Gasteiger partial charge in [-0.3, -0.25) is 9.59 Å². The lowest BCUT2D eigenvalue weighted by Crippen LogP contribution is -2.81. The summed E-state index contributed by atoms with van der Waals surface area (Å²) in [6.07, 6.45) is -7.72. The highest BCUT2D eigenvalue weighted by Gasteiger charge is 2.52. The largest absolute Gasteiger partial charge is 0.481 e. The van der Waals surface area contributed by atoms with E-state index in [0.29, 0.717) is 12.2 Å². The van der Waals surface area contributed by atoms with Crippen molar-refractivity contribution in [2.24, 2.45) is 0 Å². The van der Waals surface area contributed by atoms with Crippen LogP contribution in [0.5, 0.6) is 0 Å². The number of ketones is 1. The number of fused-ring (bicyclic) bond motifs is 1. The zero-order chi connectivity index (χ0) is 50.6. The fraction of sp³-hybridized carbons (Fsp3) is 0.0465. The van der Waals surface area contributed by atoms with Crippen molar-refractivity contribution in [1.29, 1.82) is 0 Å². The molecule has 6 aromatic carbocycles. The molecule has 0 saturated carbocycles. The van der Waals surface area contributed by atoms with Gasteiger partial charge in [-0.05, 0) is 12.1 Å². The van der Waals surface area contributed by atoms with E-state index in [1.807, 2.05) is 65.2 Å². The molecular formula is C43H16BF20NO3. The number of halogens is 20. The van der Waals surface area contributed by atoms with Crippen LogP contribution in [0.25, 0.3) is 10.9 Å². The first-order chi connectivity index (χ1) is 31.8. The second kappa shape index (κ2) is 18.7. The summed E-state index contributed by atoms with van der Waals surface area (Å²) >= 11 is 0. The van der Waals surface area contributed by atoms with E-state index in [-0.39, 0.29) is 5.78 Å². The third-order valence-electron chi connectivity index (χ3n) is 10.4. The summed E-state index contributed by atoms with van der Waals surface area (Å²) in [6.45, 7) is 0.517. The average molecular weight is 985 g/mol. The molecule has 0 amide bonds. The minimum atomic E-state index is -7.22. The number of Topliss-reactive ketones (excluding diaryl/α,β-unsaturated/α-hetero) is 1. The SMILES string of the molecule is Fc1c(F)c(F)c([B-](c2c(F)c(F)c(F)c(F)c2F)(c2c(F)c(F)c(F)c(F)c2F)c2c(F)c(F)c(F)c(F)c2F)c(F)c1F.O=C(O)CC(=O)c1ccc2ccccc2[n+]1Cc1ccccc1. The number of hydrogen-bond donors (Lipinski definition) is 1. The number of carbonyl (C=O) groups excluding carboxylic acids is 1. The quantitative estimate of drug-likeness (QED) is 0.0300. The van der Waals surface area contributed by atoms with Gasteiger partial charge in [-0.2, -0.15) is 4.57 Å². The lowest BCUT2D eigenvalue weighted by molar-refractivity contribution is -0.664. The van der Waals surface area contributed by atoms with Crippen molar-refractivity contribution in [3.8, 4) is 0 Å². The standard InChI is InChI=1S/C24BF20.C19H15NO3/c26-5-1(6(27)14(35)21(42)13(5)34)25(2-7(28)15(36)22(43)16(37)8(2)29,3-9(30)17(38)23(44)18(39)10(3)31)4-11(32)19(40)24(45)20(41)12(4)33;21-18(12-19(22)23)17-11-10-15-8-4-5-9-16(15)20(17)13-14-6-2-1-3-7-14/h;1-11H,12-13H2/q-1;/p+1. The van der Waals surface area contributed by atoms with Crippen LogP contribution in [0.1, 0.15) is 22.5 Å².